The van der Waals surface area contributed by atoms with Gasteiger partial charge in [0, 0.05) is 28.3 Å². The highest BCUT2D eigenvalue weighted by Gasteiger charge is 2.17. The zero-order chi connectivity index (χ0) is 31.5. The Bertz CT molecular complexity index is 1720. The predicted octanol–water partition coefficient (Wildman–Crippen LogP) is 5.52. The molecule has 0 aliphatic carbocycles. The number of non-ortho nitro benzene ring substituents is 1. The van der Waals surface area contributed by atoms with E-state index in [1.807, 2.05) is 0 Å². The summed E-state index contributed by atoms with van der Waals surface area (Å²) >= 11 is 1.21. The number of para-hydroxylation sites is 1. The summed E-state index contributed by atoms with van der Waals surface area (Å²) in [4.78, 5) is 62.0. The summed E-state index contributed by atoms with van der Waals surface area (Å²) in [6, 6.07) is 27.1. The molecule has 0 fully saturated rings. The summed E-state index contributed by atoms with van der Waals surface area (Å²) in [5.74, 6) is -2.05. The maximum atomic E-state index is 13.3. The number of esters is 1. The number of methoxy groups -OCH3 is 1. The SMILES string of the molecule is COC(=O)c1ccccc1NC(=O)CSc1cccc(NC(=O)/C(=C\c2ccc([N+](=O)[O-])cc2)NC(=O)c2ccccc2)c1. The molecule has 0 heterocycles. The van der Waals surface area contributed by atoms with E-state index in [1.165, 1.54) is 49.2 Å². The maximum Gasteiger partial charge on any atom is 0.339 e. The quantitative estimate of drug-likeness (QED) is 0.0659. The lowest BCUT2D eigenvalue weighted by Crippen LogP contribution is -2.30. The van der Waals surface area contributed by atoms with Crippen molar-refractivity contribution in [2.75, 3.05) is 23.5 Å². The van der Waals surface area contributed by atoms with Gasteiger partial charge in [0.25, 0.3) is 17.5 Å². The Morgan fingerprint density at radius 3 is 2.27 bits per heavy atom. The minimum absolute atomic E-state index is 0.0192. The number of amides is 3. The summed E-state index contributed by atoms with van der Waals surface area (Å²) in [6.07, 6.45) is 1.41. The van der Waals surface area contributed by atoms with Crippen LogP contribution >= 0.6 is 11.8 Å². The standard InChI is InChI=1S/C32H26N4O7S/c1-43-32(40)26-12-5-6-13-27(26)34-29(37)20-44-25-11-7-10-23(19-25)33-31(39)28(35-30(38)22-8-3-2-4-9-22)18-21-14-16-24(17-15-21)36(41)42/h2-19H,20H2,1H3,(H,33,39)(H,34,37)(H,35,38)/b28-18+. The number of nitro benzene ring substituents is 1. The van der Waals surface area contributed by atoms with Gasteiger partial charge in [0.1, 0.15) is 5.70 Å². The zero-order valence-electron chi connectivity index (χ0n) is 23.3. The molecule has 0 atom stereocenters. The predicted molar refractivity (Wildman–Crippen MR) is 167 cm³/mol. The van der Waals surface area contributed by atoms with Gasteiger partial charge >= 0.3 is 5.97 Å². The number of ether oxygens (including phenoxy) is 1. The average molecular weight is 611 g/mol. The average Bonchev–Trinajstić information content (AvgIpc) is 3.04. The lowest BCUT2D eigenvalue weighted by molar-refractivity contribution is -0.384. The fraction of sp³-hybridized carbons (Fsp3) is 0.0625. The molecule has 0 bridgehead atoms. The first kappa shape index (κ1) is 31.2. The first-order chi connectivity index (χ1) is 21.2. The van der Waals surface area contributed by atoms with E-state index in [9.17, 15) is 29.3 Å². The van der Waals surface area contributed by atoms with Crippen LogP contribution in [0, 0.1) is 10.1 Å². The summed E-state index contributed by atoms with van der Waals surface area (Å²) in [5.41, 5.74) is 1.55. The van der Waals surface area contributed by atoms with Crippen LogP contribution in [0.25, 0.3) is 6.08 Å². The number of carbonyl (C=O) groups is 4. The van der Waals surface area contributed by atoms with E-state index < -0.39 is 22.7 Å². The molecule has 44 heavy (non-hydrogen) atoms. The van der Waals surface area contributed by atoms with Gasteiger partial charge in [-0.3, -0.25) is 24.5 Å². The van der Waals surface area contributed by atoms with Crippen molar-refractivity contribution in [3.8, 4) is 0 Å². The first-order valence-electron chi connectivity index (χ1n) is 13.1. The van der Waals surface area contributed by atoms with Crippen molar-refractivity contribution in [3.63, 3.8) is 0 Å². The molecule has 0 unspecified atom stereocenters. The Morgan fingerprint density at radius 2 is 1.57 bits per heavy atom. The fourth-order valence-electron chi connectivity index (χ4n) is 3.88. The van der Waals surface area contributed by atoms with Crippen molar-refractivity contribution >= 4 is 58.6 Å². The van der Waals surface area contributed by atoms with Crippen molar-refractivity contribution in [2.24, 2.45) is 0 Å². The topological polar surface area (TPSA) is 157 Å². The molecule has 222 valence electrons. The number of nitro groups is 1. The molecule has 0 aromatic heterocycles. The molecule has 11 nitrogen and oxygen atoms in total. The Balaban J connectivity index is 1.46. The van der Waals surface area contributed by atoms with E-state index in [0.717, 1.165) is 0 Å². The van der Waals surface area contributed by atoms with E-state index in [-0.39, 0.29) is 28.6 Å². The van der Waals surface area contributed by atoms with Crippen LogP contribution in [0.3, 0.4) is 0 Å². The smallest absolute Gasteiger partial charge is 0.339 e. The normalized spacial score (nSPS) is 10.8. The van der Waals surface area contributed by atoms with Crippen LogP contribution in [-0.4, -0.2) is 41.5 Å². The third-order valence-electron chi connectivity index (χ3n) is 6.01. The lowest BCUT2D eigenvalue weighted by atomic mass is 10.1. The van der Waals surface area contributed by atoms with Crippen molar-refractivity contribution in [1.82, 2.24) is 5.32 Å². The molecular formula is C32H26N4O7S. The Kier molecular flexibility index (Phi) is 10.6. The van der Waals surface area contributed by atoms with Gasteiger partial charge in [0.15, 0.2) is 0 Å². The summed E-state index contributed by atoms with van der Waals surface area (Å²) in [5, 5.41) is 19.1. The van der Waals surface area contributed by atoms with Crippen LogP contribution in [-0.2, 0) is 14.3 Å². The van der Waals surface area contributed by atoms with Crippen molar-refractivity contribution in [2.45, 2.75) is 4.90 Å². The molecule has 12 heteroatoms. The second-order valence-corrected chi connectivity index (χ2v) is 10.1. The van der Waals surface area contributed by atoms with Gasteiger partial charge in [0.05, 0.1) is 29.0 Å². The van der Waals surface area contributed by atoms with E-state index in [4.69, 9.17) is 4.74 Å². The number of nitrogens with one attached hydrogen (secondary N) is 3. The number of hydrogen-bond acceptors (Lipinski definition) is 8. The van der Waals surface area contributed by atoms with Crippen molar-refractivity contribution < 1.29 is 28.8 Å². The number of thioether (sulfide) groups is 1. The fourth-order valence-corrected chi connectivity index (χ4v) is 4.63. The Hall–Kier alpha value is -5.75. The molecule has 0 spiro atoms. The molecule has 3 N–H and O–H groups in total. The molecule has 0 radical (unpaired) electrons. The van der Waals surface area contributed by atoms with Gasteiger partial charge < -0.3 is 20.7 Å². The molecular weight excluding hydrogens is 584 g/mol. The lowest BCUT2D eigenvalue weighted by Gasteiger charge is -2.12. The van der Waals surface area contributed by atoms with Gasteiger partial charge in [0.2, 0.25) is 5.91 Å². The van der Waals surface area contributed by atoms with Crippen LogP contribution < -0.4 is 16.0 Å². The number of benzene rings is 4. The minimum Gasteiger partial charge on any atom is -0.465 e. The molecule has 4 rings (SSSR count). The first-order valence-corrected chi connectivity index (χ1v) is 14.1. The van der Waals surface area contributed by atoms with E-state index >= 15 is 0 Å². The van der Waals surface area contributed by atoms with Crippen molar-refractivity contribution in [1.29, 1.82) is 0 Å². The number of nitrogens with zero attached hydrogens (tertiary/aromatic N) is 1. The molecule has 0 aliphatic heterocycles. The highest BCUT2D eigenvalue weighted by molar-refractivity contribution is 8.00. The third kappa shape index (κ3) is 8.63. The summed E-state index contributed by atoms with van der Waals surface area (Å²) < 4.78 is 4.76. The van der Waals surface area contributed by atoms with Crippen LogP contribution in [0.15, 0.2) is 114 Å². The molecule has 4 aromatic carbocycles. The second-order valence-electron chi connectivity index (χ2n) is 9.08. The highest BCUT2D eigenvalue weighted by Crippen LogP contribution is 2.23. The minimum atomic E-state index is -0.632. The zero-order valence-corrected chi connectivity index (χ0v) is 24.1. The molecule has 4 aromatic rings. The van der Waals surface area contributed by atoms with Crippen LogP contribution in [0.4, 0.5) is 17.1 Å². The number of anilines is 2. The second kappa shape index (κ2) is 14.9. The van der Waals surface area contributed by atoms with E-state index in [1.54, 1.807) is 78.9 Å². The van der Waals surface area contributed by atoms with Gasteiger partial charge in [-0.2, -0.15) is 0 Å². The molecule has 0 aliphatic rings. The van der Waals surface area contributed by atoms with Crippen LogP contribution in [0.1, 0.15) is 26.3 Å². The van der Waals surface area contributed by atoms with Crippen LogP contribution in [0.2, 0.25) is 0 Å². The van der Waals surface area contributed by atoms with E-state index in [0.29, 0.717) is 27.4 Å². The summed E-state index contributed by atoms with van der Waals surface area (Å²) in [7, 11) is 1.26. The monoisotopic (exact) mass is 610 g/mol. The van der Waals surface area contributed by atoms with E-state index in [2.05, 4.69) is 16.0 Å². The highest BCUT2D eigenvalue weighted by atomic mass is 32.2. The number of carbonyl (C=O) groups excluding carboxylic acids is 4. The Labute approximate surface area is 256 Å². The molecule has 0 saturated carbocycles. The number of hydrogen-bond donors (Lipinski definition) is 3. The largest absolute Gasteiger partial charge is 0.465 e. The van der Waals surface area contributed by atoms with Gasteiger partial charge in [-0.15, -0.1) is 11.8 Å². The maximum absolute atomic E-state index is 13.3. The molecule has 3 amide bonds. The third-order valence-corrected chi connectivity index (χ3v) is 7.01. The summed E-state index contributed by atoms with van der Waals surface area (Å²) in [6.45, 7) is 0. The Morgan fingerprint density at radius 1 is 0.864 bits per heavy atom. The molecule has 0 saturated heterocycles. The van der Waals surface area contributed by atoms with Gasteiger partial charge in [-0.05, 0) is 66.2 Å². The number of rotatable bonds is 11. The van der Waals surface area contributed by atoms with Gasteiger partial charge in [-0.1, -0.05) is 36.4 Å². The van der Waals surface area contributed by atoms with Gasteiger partial charge in [-0.25, -0.2) is 4.79 Å². The van der Waals surface area contributed by atoms with Crippen LogP contribution in [0.5, 0.6) is 0 Å². The van der Waals surface area contributed by atoms with Crippen molar-refractivity contribution in [3.05, 3.63) is 136 Å².